The van der Waals surface area contributed by atoms with Gasteiger partial charge in [-0.05, 0) is 36.2 Å². The molecule has 0 radical (unpaired) electrons. The molecule has 0 atom stereocenters. The first-order valence-electron chi connectivity index (χ1n) is 5.89. The van der Waals surface area contributed by atoms with E-state index in [-0.39, 0.29) is 0 Å². The molecule has 0 aliphatic heterocycles. The fraction of sp³-hybridized carbons (Fsp3) is 0.214. The largest absolute Gasteiger partial charge is 0.469 e. The molecule has 3 rings (SSSR count). The zero-order valence-corrected chi connectivity index (χ0v) is 10.1. The van der Waals surface area contributed by atoms with Crippen LogP contribution in [0.25, 0.3) is 0 Å². The van der Waals surface area contributed by atoms with Crippen molar-refractivity contribution in [1.82, 2.24) is 10.2 Å². The summed E-state index contributed by atoms with van der Waals surface area (Å²) in [6, 6.07) is 6.03. The third kappa shape index (κ3) is 2.37. The van der Waals surface area contributed by atoms with Crippen molar-refractivity contribution in [2.75, 3.05) is 0 Å². The maximum absolute atomic E-state index is 5.55. The van der Waals surface area contributed by atoms with Gasteiger partial charge in [0.2, 0.25) is 0 Å². The van der Waals surface area contributed by atoms with E-state index >= 15 is 0 Å². The SMILES string of the molecule is Cc1ccc(Cc2coc(Cc3cn[nH]c3)c2)o1. The molecule has 0 fully saturated rings. The lowest BCUT2D eigenvalue weighted by Crippen LogP contribution is -1.83. The average Bonchev–Trinajstić information content (AvgIpc) is 3.04. The van der Waals surface area contributed by atoms with Gasteiger partial charge in [-0.1, -0.05) is 0 Å². The lowest BCUT2D eigenvalue weighted by atomic mass is 10.1. The van der Waals surface area contributed by atoms with E-state index in [4.69, 9.17) is 8.83 Å². The summed E-state index contributed by atoms with van der Waals surface area (Å²) < 4.78 is 11.1. The number of aryl methyl sites for hydroxylation is 1. The summed E-state index contributed by atoms with van der Waals surface area (Å²) in [5.74, 6) is 2.84. The molecule has 0 unspecified atom stereocenters. The van der Waals surface area contributed by atoms with Crippen LogP contribution in [0.1, 0.15) is 28.4 Å². The maximum Gasteiger partial charge on any atom is 0.108 e. The highest BCUT2D eigenvalue weighted by Crippen LogP contribution is 2.17. The van der Waals surface area contributed by atoms with Crippen molar-refractivity contribution in [3.05, 3.63) is 65.3 Å². The van der Waals surface area contributed by atoms with Crippen LogP contribution in [0.5, 0.6) is 0 Å². The zero-order valence-electron chi connectivity index (χ0n) is 10.1. The Labute approximate surface area is 105 Å². The minimum absolute atomic E-state index is 0.758. The van der Waals surface area contributed by atoms with Crippen LogP contribution >= 0.6 is 0 Å². The topological polar surface area (TPSA) is 55.0 Å². The van der Waals surface area contributed by atoms with E-state index in [0.29, 0.717) is 0 Å². The molecule has 0 aromatic carbocycles. The van der Waals surface area contributed by atoms with Crippen LogP contribution in [0.2, 0.25) is 0 Å². The Kier molecular flexibility index (Phi) is 2.76. The van der Waals surface area contributed by atoms with E-state index in [2.05, 4.69) is 16.3 Å². The van der Waals surface area contributed by atoms with E-state index < -0.39 is 0 Å². The predicted octanol–water partition coefficient (Wildman–Crippen LogP) is 3.09. The molecule has 0 amide bonds. The van der Waals surface area contributed by atoms with Gasteiger partial charge in [0.15, 0.2) is 0 Å². The van der Waals surface area contributed by atoms with Gasteiger partial charge in [-0.15, -0.1) is 0 Å². The van der Waals surface area contributed by atoms with E-state index in [1.54, 1.807) is 12.5 Å². The molecule has 3 aromatic rings. The molecule has 1 N–H and O–H groups in total. The molecule has 0 aliphatic rings. The van der Waals surface area contributed by atoms with E-state index in [0.717, 1.165) is 41.2 Å². The molecule has 0 aliphatic carbocycles. The van der Waals surface area contributed by atoms with Gasteiger partial charge >= 0.3 is 0 Å². The molecular weight excluding hydrogens is 228 g/mol. The summed E-state index contributed by atoms with van der Waals surface area (Å²) in [4.78, 5) is 0. The second kappa shape index (κ2) is 4.56. The van der Waals surface area contributed by atoms with Crippen molar-refractivity contribution < 1.29 is 8.83 Å². The van der Waals surface area contributed by atoms with Gasteiger partial charge < -0.3 is 8.83 Å². The Morgan fingerprint density at radius 2 is 2.06 bits per heavy atom. The zero-order chi connectivity index (χ0) is 12.4. The number of hydrogen-bond donors (Lipinski definition) is 1. The van der Waals surface area contributed by atoms with Crippen LogP contribution in [-0.4, -0.2) is 10.2 Å². The van der Waals surface area contributed by atoms with E-state index in [9.17, 15) is 0 Å². The Bertz CT molecular complexity index is 620. The summed E-state index contributed by atoms with van der Waals surface area (Å²) in [7, 11) is 0. The summed E-state index contributed by atoms with van der Waals surface area (Å²) in [5.41, 5.74) is 2.24. The van der Waals surface area contributed by atoms with Crippen molar-refractivity contribution in [2.45, 2.75) is 19.8 Å². The van der Waals surface area contributed by atoms with Gasteiger partial charge in [0.1, 0.15) is 17.3 Å². The highest BCUT2D eigenvalue weighted by atomic mass is 16.3. The Morgan fingerprint density at radius 1 is 1.17 bits per heavy atom. The molecule has 0 bridgehead atoms. The molecule has 3 heterocycles. The van der Waals surface area contributed by atoms with Gasteiger partial charge in [0, 0.05) is 19.0 Å². The molecule has 3 aromatic heterocycles. The first-order chi connectivity index (χ1) is 8.79. The molecule has 18 heavy (non-hydrogen) atoms. The summed E-state index contributed by atoms with van der Waals surface area (Å²) in [5, 5.41) is 6.71. The number of furan rings is 2. The number of aromatic nitrogens is 2. The lowest BCUT2D eigenvalue weighted by Gasteiger charge is -1.91. The summed E-state index contributed by atoms with van der Waals surface area (Å²) >= 11 is 0. The quantitative estimate of drug-likeness (QED) is 0.764. The lowest BCUT2D eigenvalue weighted by molar-refractivity contribution is 0.489. The third-order valence-corrected chi connectivity index (χ3v) is 2.82. The minimum Gasteiger partial charge on any atom is -0.469 e. The van der Waals surface area contributed by atoms with Gasteiger partial charge in [0.05, 0.1) is 12.5 Å². The van der Waals surface area contributed by atoms with Gasteiger partial charge in [-0.2, -0.15) is 5.10 Å². The molecule has 0 saturated carbocycles. The van der Waals surface area contributed by atoms with Crippen LogP contribution < -0.4 is 0 Å². The standard InChI is InChI=1S/C14H14N2O2/c1-10-2-3-13(18-10)4-11-5-14(17-9-11)6-12-7-15-16-8-12/h2-3,5,7-9H,4,6H2,1H3,(H,15,16). The van der Waals surface area contributed by atoms with Crippen molar-refractivity contribution in [1.29, 1.82) is 0 Å². The van der Waals surface area contributed by atoms with Gasteiger partial charge in [-0.25, -0.2) is 0 Å². The highest BCUT2D eigenvalue weighted by molar-refractivity contribution is 5.23. The van der Waals surface area contributed by atoms with E-state index in [1.807, 2.05) is 25.3 Å². The smallest absolute Gasteiger partial charge is 0.108 e. The van der Waals surface area contributed by atoms with E-state index in [1.165, 1.54) is 0 Å². The summed E-state index contributed by atoms with van der Waals surface area (Å²) in [6.45, 7) is 1.95. The predicted molar refractivity (Wildman–Crippen MR) is 66.4 cm³/mol. The van der Waals surface area contributed by atoms with Gasteiger partial charge in [-0.3, -0.25) is 5.10 Å². The number of nitrogens with one attached hydrogen (secondary N) is 1. The first kappa shape index (κ1) is 10.9. The maximum atomic E-state index is 5.55. The summed E-state index contributed by atoms with van der Waals surface area (Å²) in [6.07, 6.45) is 6.99. The van der Waals surface area contributed by atoms with Crippen LogP contribution in [0.4, 0.5) is 0 Å². The average molecular weight is 242 g/mol. The minimum atomic E-state index is 0.758. The molecule has 4 heteroatoms. The number of hydrogen-bond acceptors (Lipinski definition) is 3. The number of H-pyrrole nitrogens is 1. The highest BCUT2D eigenvalue weighted by Gasteiger charge is 2.06. The van der Waals surface area contributed by atoms with Crippen LogP contribution in [0.15, 0.2) is 45.7 Å². The number of nitrogens with zero attached hydrogens (tertiary/aromatic N) is 1. The second-order valence-corrected chi connectivity index (χ2v) is 4.39. The number of rotatable bonds is 4. The first-order valence-corrected chi connectivity index (χ1v) is 5.89. The van der Waals surface area contributed by atoms with Crippen LogP contribution in [0.3, 0.4) is 0 Å². The van der Waals surface area contributed by atoms with Crippen molar-refractivity contribution in [2.24, 2.45) is 0 Å². The van der Waals surface area contributed by atoms with Crippen molar-refractivity contribution in [3.8, 4) is 0 Å². The fourth-order valence-electron chi connectivity index (χ4n) is 1.97. The third-order valence-electron chi connectivity index (χ3n) is 2.82. The molecule has 0 spiro atoms. The Morgan fingerprint density at radius 3 is 2.78 bits per heavy atom. The normalized spacial score (nSPS) is 10.9. The van der Waals surface area contributed by atoms with Crippen LogP contribution in [-0.2, 0) is 12.8 Å². The van der Waals surface area contributed by atoms with Gasteiger partial charge in [0.25, 0.3) is 0 Å². The molecule has 4 nitrogen and oxygen atoms in total. The van der Waals surface area contributed by atoms with Crippen molar-refractivity contribution in [3.63, 3.8) is 0 Å². The monoisotopic (exact) mass is 242 g/mol. The Hall–Kier alpha value is -2.23. The van der Waals surface area contributed by atoms with Crippen LogP contribution in [0, 0.1) is 6.92 Å². The second-order valence-electron chi connectivity index (χ2n) is 4.39. The molecule has 0 saturated heterocycles. The Balaban J connectivity index is 1.69. The molecular formula is C14H14N2O2. The fourth-order valence-corrected chi connectivity index (χ4v) is 1.97. The molecule has 92 valence electrons. The van der Waals surface area contributed by atoms with Crippen molar-refractivity contribution >= 4 is 0 Å². The number of aromatic amines is 1.